The highest BCUT2D eigenvalue weighted by Crippen LogP contribution is 2.28. The number of carbonyl (C=O) groups is 2. The van der Waals surface area contributed by atoms with Crippen LogP contribution in [-0.4, -0.2) is 23.7 Å². The molecule has 2 rings (SSSR count). The molecule has 0 aromatic heterocycles. The first kappa shape index (κ1) is 20.6. The molecule has 0 saturated heterocycles. The van der Waals surface area contributed by atoms with E-state index in [1.54, 1.807) is 31.2 Å². The van der Waals surface area contributed by atoms with Gasteiger partial charge in [0, 0.05) is 15.6 Å². The van der Waals surface area contributed by atoms with Crippen LogP contribution >= 0.6 is 35.0 Å². The van der Waals surface area contributed by atoms with Gasteiger partial charge < -0.3 is 10.1 Å². The number of hydrogen-bond acceptors (Lipinski definition) is 4. The summed E-state index contributed by atoms with van der Waals surface area (Å²) in [5.74, 6) is -0.666. The monoisotopic (exact) mass is 411 g/mol. The Morgan fingerprint density at radius 2 is 1.81 bits per heavy atom. The van der Waals surface area contributed by atoms with Crippen molar-refractivity contribution >= 4 is 52.5 Å². The first-order valence-electron chi connectivity index (χ1n) is 8.14. The third-order valence-corrected chi connectivity index (χ3v) is 5.44. The quantitative estimate of drug-likeness (QED) is 0.470. The van der Waals surface area contributed by atoms with Crippen molar-refractivity contribution in [2.24, 2.45) is 0 Å². The van der Waals surface area contributed by atoms with E-state index in [-0.39, 0.29) is 28.4 Å². The summed E-state index contributed by atoms with van der Waals surface area (Å²) in [4.78, 5) is 25.5. The van der Waals surface area contributed by atoms with Gasteiger partial charge in [-0.05, 0) is 55.8 Å². The summed E-state index contributed by atoms with van der Waals surface area (Å²) in [5, 5.41) is 3.49. The predicted octanol–water partition coefficient (Wildman–Crippen LogP) is 5.68. The lowest BCUT2D eigenvalue weighted by atomic mass is 10.2. The largest absolute Gasteiger partial charge is 0.462 e. The maximum Gasteiger partial charge on any atom is 0.339 e. The van der Waals surface area contributed by atoms with Gasteiger partial charge in [-0.15, -0.1) is 11.8 Å². The van der Waals surface area contributed by atoms with E-state index in [9.17, 15) is 9.59 Å². The molecule has 0 radical (unpaired) electrons. The highest BCUT2D eigenvalue weighted by atomic mass is 35.5. The average Bonchev–Trinajstić information content (AvgIpc) is 2.62. The zero-order valence-electron chi connectivity index (χ0n) is 14.4. The molecule has 0 aliphatic carbocycles. The van der Waals surface area contributed by atoms with Gasteiger partial charge in [0.2, 0.25) is 5.91 Å². The number of carbonyl (C=O) groups excluding carboxylic acids is 2. The highest BCUT2D eigenvalue weighted by Gasteiger charge is 2.19. The molecule has 1 atom stereocenters. The van der Waals surface area contributed by atoms with Gasteiger partial charge in [0.05, 0.1) is 22.4 Å². The number of halogens is 2. The number of anilines is 1. The molecule has 1 amide bonds. The average molecular weight is 412 g/mol. The SMILES string of the molecule is CCOC(=O)c1cc(NC(=O)[C@@H](CC)Sc2ccc(Cl)cc2)ccc1Cl. The second-order valence-electron chi connectivity index (χ2n) is 5.37. The number of ether oxygens (including phenoxy) is 1. The minimum atomic E-state index is -0.517. The molecule has 138 valence electrons. The number of benzene rings is 2. The van der Waals surface area contributed by atoms with E-state index >= 15 is 0 Å². The van der Waals surface area contributed by atoms with Crippen molar-refractivity contribution in [3.05, 3.63) is 58.1 Å². The van der Waals surface area contributed by atoms with Gasteiger partial charge in [-0.2, -0.15) is 0 Å². The summed E-state index contributed by atoms with van der Waals surface area (Å²) in [6.45, 7) is 3.91. The maximum atomic E-state index is 12.6. The first-order valence-corrected chi connectivity index (χ1v) is 9.77. The molecule has 0 aliphatic rings. The molecule has 0 aliphatic heterocycles. The van der Waals surface area contributed by atoms with Crippen LogP contribution in [0.5, 0.6) is 0 Å². The number of amides is 1. The number of rotatable bonds is 7. The summed E-state index contributed by atoms with van der Waals surface area (Å²) >= 11 is 13.4. The third-order valence-electron chi connectivity index (χ3n) is 3.48. The summed E-state index contributed by atoms with van der Waals surface area (Å²) in [6, 6.07) is 12.1. The van der Waals surface area contributed by atoms with Crippen molar-refractivity contribution in [1.82, 2.24) is 0 Å². The maximum absolute atomic E-state index is 12.6. The van der Waals surface area contributed by atoms with Crippen LogP contribution in [0.4, 0.5) is 5.69 Å². The van der Waals surface area contributed by atoms with Crippen LogP contribution in [0.3, 0.4) is 0 Å². The zero-order valence-corrected chi connectivity index (χ0v) is 16.8. The van der Waals surface area contributed by atoms with Crippen LogP contribution in [0.25, 0.3) is 0 Å². The second kappa shape index (κ2) is 9.86. The molecule has 0 fully saturated rings. The van der Waals surface area contributed by atoms with Crippen molar-refractivity contribution in [2.45, 2.75) is 30.4 Å². The van der Waals surface area contributed by atoms with E-state index in [1.165, 1.54) is 17.8 Å². The van der Waals surface area contributed by atoms with E-state index in [0.29, 0.717) is 17.1 Å². The Kier molecular flexibility index (Phi) is 7.82. The smallest absolute Gasteiger partial charge is 0.339 e. The van der Waals surface area contributed by atoms with Gasteiger partial charge in [0.1, 0.15) is 0 Å². The summed E-state index contributed by atoms with van der Waals surface area (Å²) in [7, 11) is 0. The molecule has 26 heavy (non-hydrogen) atoms. The van der Waals surface area contributed by atoms with Gasteiger partial charge in [-0.3, -0.25) is 4.79 Å². The molecule has 1 N–H and O–H groups in total. The third kappa shape index (κ3) is 5.66. The second-order valence-corrected chi connectivity index (χ2v) is 7.49. The molecule has 0 spiro atoms. The van der Waals surface area contributed by atoms with Gasteiger partial charge in [0.25, 0.3) is 0 Å². The van der Waals surface area contributed by atoms with Crippen molar-refractivity contribution in [1.29, 1.82) is 0 Å². The molecule has 2 aromatic carbocycles. The predicted molar refractivity (Wildman–Crippen MR) is 107 cm³/mol. The molecule has 0 heterocycles. The zero-order chi connectivity index (χ0) is 19.1. The minimum absolute atomic E-state index is 0.149. The van der Waals surface area contributed by atoms with E-state index in [0.717, 1.165) is 4.90 Å². The van der Waals surface area contributed by atoms with Crippen LogP contribution in [0.2, 0.25) is 10.0 Å². The highest BCUT2D eigenvalue weighted by molar-refractivity contribution is 8.00. The topological polar surface area (TPSA) is 55.4 Å². The van der Waals surface area contributed by atoms with Gasteiger partial charge >= 0.3 is 5.97 Å². The fourth-order valence-corrected chi connectivity index (χ4v) is 3.47. The Labute approximate surface area is 167 Å². The number of hydrogen-bond donors (Lipinski definition) is 1. The van der Waals surface area contributed by atoms with Crippen molar-refractivity contribution < 1.29 is 14.3 Å². The van der Waals surface area contributed by atoms with Crippen molar-refractivity contribution in [3.63, 3.8) is 0 Å². The molecule has 4 nitrogen and oxygen atoms in total. The summed E-state index contributed by atoms with van der Waals surface area (Å²) in [5.41, 5.74) is 0.724. The molecule has 0 unspecified atom stereocenters. The number of thioether (sulfide) groups is 1. The summed E-state index contributed by atoms with van der Waals surface area (Å²) < 4.78 is 4.98. The van der Waals surface area contributed by atoms with Crippen LogP contribution in [0.15, 0.2) is 47.4 Å². The minimum Gasteiger partial charge on any atom is -0.462 e. The standard InChI is InChI=1S/C19H19Cl2NO3S/c1-3-17(26-14-8-5-12(20)6-9-14)18(23)22-13-7-10-16(21)15(11-13)19(24)25-4-2/h5-11,17H,3-4H2,1-2H3,(H,22,23)/t17-/m1/s1. The van der Waals surface area contributed by atoms with Crippen LogP contribution in [0, 0.1) is 0 Å². The van der Waals surface area contributed by atoms with E-state index in [1.807, 2.05) is 19.1 Å². The Morgan fingerprint density at radius 3 is 2.42 bits per heavy atom. The normalized spacial score (nSPS) is 11.7. The first-order chi connectivity index (χ1) is 12.4. The van der Waals surface area contributed by atoms with Crippen molar-refractivity contribution in [3.8, 4) is 0 Å². The lowest BCUT2D eigenvalue weighted by Gasteiger charge is -2.15. The van der Waals surface area contributed by atoms with E-state index in [2.05, 4.69) is 5.32 Å². The van der Waals surface area contributed by atoms with Gasteiger partial charge in [0.15, 0.2) is 0 Å². The Balaban J connectivity index is 2.10. The molecular weight excluding hydrogens is 393 g/mol. The van der Waals surface area contributed by atoms with Crippen LogP contribution in [-0.2, 0) is 9.53 Å². The van der Waals surface area contributed by atoms with Gasteiger partial charge in [-0.25, -0.2) is 4.79 Å². The number of nitrogens with one attached hydrogen (secondary N) is 1. The Hall–Kier alpha value is -1.69. The Bertz CT molecular complexity index is 781. The van der Waals surface area contributed by atoms with E-state index in [4.69, 9.17) is 27.9 Å². The molecule has 0 saturated carbocycles. The van der Waals surface area contributed by atoms with Crippen LogP contribution in [0.1, 0.15) is 30.6 Å². The van der Waals surface area contributed by atoms with E-state index < -0.39 is 5.97 Å². The summed E-state index contributed by atoms with van der Waals surface area (Å²) in [6.07, 6.45) is 0.650. The van der Waals surface area contributed by atoms with Crippen LogP contribution < -0.4 is 5.32 Å². The lowest BCUT2D eigenvalue weighted by Crippen LogP contribution is -2.24. The van der Waals surface area contributed by atoms with Crippen molar-refractivity contribution in [2.75, 3.05) is 11.9 Å². The molecule has 2 aromatic rings. The lowest BCUT2D eigenvalue weighted by molar-refractivity contribution is -0.115. The molecule has 7 heteroatoms. The van der Waals surface area contributed by atoms with Gasteiger partial charge in [-0.1, -0.05) is 30.1 Å². The fourth-order valence-electron chi connectivity index (χ4n) is 2.19. The fraction of sp³-hybridized carbons (Fsp3) is 0.263. The Morgan fingerprint density at radius 1 is 1.12 bits per heavy atom. The molecular formula is C19H19Cl2NO3S. The molecule has 0 bridgehead atoms. The number of esters is 1.